The quantitative estimate of drug-likeness (QED) is 0.414. The largest absolute Gasteiger partial charge is 0.415 e. The van der Waals surface area contributed by atoms with E-state index in [2.05, 4.69) is 15.2 Å². The van der Waals surface area contributed by atoms with Crippen LogP contribution in [0.3, 0.4) is 0 Å². The number of aromatic nitrogens is 4. The van der Waals surface area contributed by atoms with E-state index in [0.717, 1.165) is 10.9 Å². The van der Waals surface area contributed by atoms with E-state index in [9.17, 15) is 17.8 Å². The number of urea groups is 1. The third-order valence-corrected chi connectivity index (χ3v) is 7.15. The zero-order chi connectivity index (χ0) is 24.5. The first-order valence-electron chi connectivity index (χ1n) is 10.9. The van der Waals surface area contributed by atoms with Crippen LogP contribution in [-0.4, -0.2) is 59.5 Å². The maximum absolute atomic E-state index is 13.5. The fourth-order valence-electron chi connectivity index (χ4n) is 3.95. The van der Waals surface area contributed by atoms with Gasteiger partial charge in [0.1, 0.15) is 0 Å². The van der Waals surface area contributed by atoms with Gasteiger partial charge in [-0.3, -0.25) is 14.1 Å². The Hall–Kier alpha value is -3.67. The predicted molar refractivity (Wildman–Crippen MR) is 126 cm³/mol. The maximum Gasteiger partial charge on any atom is 0.324 e. The zero-order valence-electron chi connectivity index (χ0n) is 18.8. The number of anilines is 1. The fraction of sp³-hybridized carbons (Fsp3) is 0.304. The zero-order valence-corrected chi connectivity index (χ0v) is 19.6. The van der Waals surface area contributed by atoms with Gasteiger partial charge in [0.2, 0.25) is 5.89 Å². The lowest BCUT2D eigenvalue weighted by Crippen LogP contribution is -2.48. The topological polar surface area (TPSA) is 97.4 Å². The highest BCUT2D eigenvalue weighted by molar-refractivity contribution is 7.85. The summed E-state index contributed by atoms with van der Waals surface area (Å²) in [6, 6.07) is 10.9. The van der Waals surface area contributed by atoms with Gasteiger partial charge in [0.25, 0.3) is 5.89 Å². The van der Waals surface area contributed by atoms with E-state index < -0.39 is 23.1 Å². The Balaban J connectivity index is 1.42. The number of aryl methyl sites for hydroxylation is 1. The van der Waals surface area contributed by atoms with E-state index in [1.54, 1.807) is 21.9 Å². The molecule has 4 heterocycles. The summed E-state index contributed by atoms with van der Waals surface area (Å²) in [5.41, 5.74) is 2.74. The highest BCUT2D eigenvalue weighted by atomic mass is 32.2. The van der Waals surface area contributed by atoms with Gasteiger partial charge in [-0.15, -0.1) is 10.2 Å². The van der Waals surface area contributed by atoms with Crippen molar-refractivity contribution in [1.29, 1.82) is 0 Å². The van der Waals surface area contributed by atoms with Crippen LogP contribution in [0.2, 0.25) is 0 Å². The number of fused-ring (bicyclic) bond motifs is 1. The maximum atomic E-state index is 13.5. The van der Waals surface area contributed by atoms with Gasteiger partial charge in [0.15, 0.2) is 0 Å². The van der Waals surface area contributed by atoms with E-state index in [-0.39, 0.29) is 18.5 Å². The van der Waals surface area contributed by atoms with Crippen molar-refractivity contribution in [3.63, 3.8) is 0 Å². The summed E-state index contributed by atoms with van der Waals surface area (Å²) in [5, 5.41) is 7.97. The van der Waals surface area contributed by atoms with Crippen LogP contribution in [0, 0.1) is 0 Å². The third-order valence-electron chi connectivity index (χ3n) is 5.88. The number of carbonyl (C=O) groups is 1. The second-order valence-corrected chi connectivity index (χ2v) is 9.85. The minimum atomic E-state index is -2.85. The summed E-state index contributed by atoms with van der Waals surface area (Å²) < 4.78 is 44.3. The molecule has 5 rings (SSSR count). The number of hydrogen-bond donors (Lipinski definition) is 0. The Bertz CT molecular complexity index is 1380. The molecule has 0 saturated carbocycles. The molecule has 1 aromatic carbocycles. The van der Waals surface area contributed by atoms with E-state index in [4.69, 9.17) is 4.42 Å². The van der Waals surface area contributed by atoms with Crippen molar-refractivity contribution in [3.8, 4) is 11.5 Å². The van der Waals surface area contributed by atoms with Crippen molar-refractivity contribution in [1.82, 2.24) is 24.6 Å². The number of alkyl halides is 2. The molecule has 0 aliphatic carbocycles. The van der Waals surface area contributed by atoms with Gasteiger partial charge in [0, 0.05) is 71.4 Å². The second kappa shape index (κ2) is 9.53. The molecular weight excluding hydrogens is 478 g/mol. The van der Waals surface area contributed by atoms with Gasteiger partial charge >= 0.3 is 12.5 Å². The first-order valence-corrected chi connectivity index (χ1v) is 12.4. The highest BCUT2D eigenvalue weighted by Gasteiger charge is 2.27. The van der Waals surface area contributed by atoms with Gasteiger partial charge < -0.3 is 13.9 Å². The van der Waals surface area contributed by atoms with Crippen LogP contribution >= 0.6 is 0 Å². The number of nitrogens with zero attached hydrogens (tertiary/aromatic N) is 6. The molecule has 12 heteroatoms. The van der Waals surface area contributed by atoms with Crippen LogP contribution < -0.4 is 4.90 Å². The van der Waals surface area contributed by atoms with Crippen molar-refractivity contribution >= 4 is 33.4 Å². The highest BCUT2D eigenvalue weighted by Crippen LogP contribution is 2.27. The number of hydrogen-bond acceptors (Lipinski definition) is 6. The van der Waals surface area contributed by atoms with Gasteiger partial charge in [-0.2, -0.15) is 8.78 Å². The molecule has 1 aliphatic heterocycles. The van der Waals surface area contributed by atoms with Crippen LogP contribution in [0.5, 0.6) is 0 Å². The monoisotopic (exact) mass is 500 g/mol. The average Bonchev–Trinajstić information content (AvgIpc) is 3.50. The SMILES string of the molecule is Cn1ccc2cc(N(Cc3ccc(-c4nnc(C(F)F)o4)cn3)C(=O)N3CCS(=O)CC3)ccc21. The Kier molecular flexibility index (Phi) is 6.29. The van der Waals surface area contributed by atoms with E-state index in [1.807, 2.05) is 42.1 Å². The Labute approximate surface area is 201 Å². The molecule has 9 nitrogen and oxygen atoms in total. The Morgan fingerprint density at radius 3 is 2.66 bits per heavy atom. The van der Waals surface area contributed by atoms with Crippen molar-refractivity contribution in [2.24, 2.45) is 7.05 Å². The molecule has 0 radical (unpaired) electrons. The lowest BCUT2D eigenvalue weighted by atomic mass is 10.2. The summed E-state index contributed by atoms with van der Waals surface area (Å²) in [4.78, 5) is 21.3. The fourth-order valence-corrected chi connectivity index (χ4v) is 5.00. The number of pyridine rings is 1. The third kappa shape index (κ3) is 4.78. The van der Waals surface area contributed by atoms with Crippen molar-refractivity contribution < 1.29 is 22.2 Å². The molecule has 1 aliphatic rings. The minimum absolute atomic E-state index is 0.0527. The second-order valence-electron chi connectivity index (χ2n) is 8.16. The van der Waals surface area contributed by atoms with Gasteiger partial charge in [-0.1, -0.05) is 0 Å². The number of carbonyl (C=O) groups excluding carboxylic acids is 1. The molecule has 4 aromatic rings. The molecule has 35 heavy (non-hydrogen) atoms. The molecule has 0 unspecified atom stereocenters. The van der Waals surface area contributed by atoms with Gasteiger partial charge in [-0.05, 0) is 36.4 Å². The molecule has 3 aromatic heterocycles. The summed E-state index contributed by atoms with van der Waals surface area (Å²) in [6.07, 6.45) is 0.556. The molecule has 182 valence electrons. The number of benzene rings is 1. The van der Waals surface area contributed by atoms with Gasteiger partial charge in [-0.25, -0.2) is 4.79 Å². The molecule has 2 amide bonds. The van der Waals surface area contributed by atoms with Crippen LogP contribution in [0.25, 0.3) is 22.4 Å². The molecule has 1 saturated heterocycles. The number of rotatable bonds is 5. The Morgan fingerprint density at radius 1 is 1.17 bits per heavy atom. The first kappa shape index (κ1) is 23.1. The predicted octanol–water partition coefficient (Wildman–Crippen LogP) is 3.75. The standard InChI is InChI=1S/C23H22F2N6O3S/c1-29-7-6-15-12-18(4-5-19(15)29)31(23(32)30-8-10-35(33)11-9-30)14-17-3-2-16(13-26-17)21-27-28-22(34-21)20(24)25/h2-7,12-13,20H,8-11,14H2,1H3. The van der Waals surface area contributed by atoms with Gasteiger partial charge in [0.05, 0.1) is 17.8 Å². The smallest absolute Gasteiger partial charge is 0.324 e. The van der Waals surface area contributed by atoms with E-state index in [0.29, 0.717) is 41.5 Å². The summed E-state index contributed by atoms with van der Waals surface area (Å²) >= 11 is 0. The lowest BCUT2D eigenvalue weighted by molar-refractivity contribution is 0.116. The summed E-state index contributed by atoms with van der Waals surface area (Å²) in [6.45, 7) is 1.03. The van der Waals surface area contributed by atoms with Crippen LogP contribution in [-0.2, 0) is 24.4 Å². The summed E-state index contributed by atoms with van der Waals surface area (Å²) in [7, 11) is 1.05. The van der Waals surface area contributed by atoms with Crippen molar-refractivity contribution in [2.75, 3.05) is 29.5 Å². The molecule has 0 N–H and O–H groups in total. The molecule has 0 spiro atoms. The van der Waals surface area contributed by atoms with Crippen LogP contribution in [0.1, 0.15) is 18.0 Å². The van der Waals surface area contributed by atoms with Crippen molar-refractivity contribution in [3.05, 3.63) is 60.4 Å². The average molecular weight is 501 g/mol. The molecule has 1 fully saturated rings. The molecule has 0 atom stereocenters. The summed E-state index contributed by atoms with van der Waals surface area (Å²) in [5.74, 6) is 0.104. The minimum Gasteiger partial charge on any atom is -0.415 e. The van der Waals surface area contributed by atoms with Crippen LogP contribution in [0.4, 0.5) is 19.3 Å². The van der Waals surface area contributed by atoms with E-state index >= 15 is 0 Å². The first-order chi connectivity index (χ1) is 16.9. The normalized spacial score (nSPS) is 14.7. The molecular formula is C23H22F2N6O3S. The Morgan fingerprint density at radius 2 is 1.97 bits per heavy atom. The molecule has 0 bridgehead atoms. The van der Waals surface area contributed by atoms with Crippen LogP contribution in [0.15, 0.2) is 53.2 Å². The lowest BCUT2D eigenvalue weighted by Gasteiger charge is -2.32. The number of halogens is 2. The van der Waals surface area contributed by atoms with E-state index in [1.165, 1.54) is 6.20 Å². The van der Waals surface area contributed by atoms with Crippen molar-refractivity contribution in [2.45, 2.75) is 13.0 Å². The number of amides is 2.